The van der Waals surface area contributed by atoms with E-state index < -0.39 is 0 Å². The predicted octanol–water partition coefficient (Wildman–Crippen LogP) is 3.83. The average molecular weight is 427 g/mol. The Labute approximate surface area is 181 Å². The molecule has 0 unspecified atom stereocenters. The van der Waals surface area contributed by atoms with Crippen molar-refractivity contribution >= 4 is 40.0 Å². The van der Waals surface area contributed by atoms with E-state index in [1.807, 2.05) is 50.4 Å². The topological polar surface area (TPSA) is 85.9 Å². The fourth-order valence-electron chi connectivity index (χ4n) is 3.98. The number of carbonyl (C=O) groups is 1. The van der Waals surface area contributed by atoms with Crippen molar-refractivity contribution in [3.8, 4) is 0 Å². The van der Waals surface area contributed by atoms with Gasteiger partial charge in [-0.15, -0.1) is 0 Å². The number of aromatic amines is 1. The third-order valence-corrected chi connectivity index (χ3v) is 5.73. The molecule has 2 atom stereocenters. The SMILES string of the molecule is CC(C)[C@@H](Nc1cccc(Cl)c1)C(=O)N[C@@H]1CCCN(c2ncnc3[nH]ccc23)C1. The Balaban J connectivity index is 1.44. The Kier molecular flexibility index (Phi) is 6.08. The van der Waals surface area contributed by atoms with Gasteiger partial charge in [0, 0.05) is 36.0 Å². The first-order valence-electron chi connectivity index (χ1n) is 10.4. The van der Waals surface area contributed by atoms with Crippen LogP contribution in [0.2, 0.25) is 5.02 Å². The zero-order valence-electron chi connectivity index (χ0n) is 17.2. The number of nitrogens with one attached hydrogen (secondary N) is 3. The summed E-state index contributed by atoms with van der Waals surface area (Å²) < 4.78 is 0. The van der Waals surface area contributed by atoms with Crippen molar-refractivity contribution in [3.63, 3.8) is 0 Å². The van der Waals surface area contributed by atoms with Gasteiger partial charge in [-0.1, -0.05) is 31.5 Å². The van der Waals surface area contributed by atoms with Crippen molar-refractivity contribution in [1.82, 2.24) is 20.3 Å². The minimum atomic E-state index is -0.339. The van der Waals surface area contributed by atoms with Gasteiger partial charge in [-0.2, -0.15) is 0 Å². The van der Waals surface area contributed by atoms with Crippen LogP contribution in [0, 0.1) is 5.92 Å². The highest BCUT2D eigenvalue weighted by Gasteiger charge is 2.28. The minimum absolute atomic E-state index is 0.00584. The Morgan fingerprint density at radius 2 is 2.17 bits per heavy atom. The number of halogens is 1. The van der Waals surface area contributed by atoms with Crippen molar-refractivity contribution in [1.29, 1.82) is 0 Å². The van der Waals surface area contributed by atoms with Gasteiger partial charge < -0.3 is 20.5 Å². The summed E-state index contributed by atoms with van der Waals surface area (Å²) in [6, 6.07) is 9.19. The lowest BCUT2D eigenvalue weighted by molar-refractivity contribution is -0.123. The fraction of sp³-hybridized carbons (Fsp3) is 0.409. The van der Waals surface area contributed by atoms with Gasteiger partial charge in [0.15, 0.2) is 0 Å². The summed E-state index contributed by atoms with van der Waals surface area (Å²) in [6.07, 6.45) is 5.40. The summed E-state index contributed by atoms with van der Waals surface area (Å²) >= 11 is 6.09. The van der Waals surface area contributed by atoms with Gasteiger partial charge in [-0.05, 0) is 43.0 Å². The first-order valence-corrected chi connectivity index (χ1v) is 10.7. The Morgan fingerprint density at radius 1 is 1.30 bits per heavy atom. The van der Waals surface area contributed by atoms with E-state index in [4.69, 9.17) is 11.6 Å². The van der Waals surface area contributed by atoms with Crippen LogP contribution >= 0.6 is 11.6 Å². The number of aromatic nitrogens is 3. The molecule has 0 radical (unpaired) electrons. The molecule has 3 N–H and O–H groups in total. The first kappa shape index (κ1) is 20.5. The highest BCUT2D eigenvalue weighted by molar-refractivity contribution is 6.30. The third-order valence-electron chi connectivity index (χ3n) is 5.50. The summed E-state index contributed by atoms with van der Waals surface area (Å²) in [5.74, 6) is 1.05. The highest BCUT2D eigenvalue weighted by atomic mass is 35.5. The monoisotopic (exact) mass is 426 g/mol. The lowest BCUT2D eigenvalue weighted by Gasteiger charge is -2.35. The largest absolute Gasteiger partial charge is 0.373 e. The second-order valence-corrected chi connectivity index (χ2v) is 8.54. The molecular formula is C22H27ClN6O. The van der Waals surface area contributed by atoms with Crippen molar-refractivity contribution in [2.24, 2.45) is 5.92 Å². The first-order chi connectivity index (χ1) is 14.5. The molecule has 8 heteroatoms. The van der Waals surface area contributed by atoms with Crippen LogP contribution in [-0.4, -0.2) is 46.0 Å². The van der Waals surface area contributed by atoms with Gasteiger partial charge in [-0.3, -0.25) is 4.79 Å². The van der Waals surface area contributed by atoms with E-state index in [0.717, 1.165) is 48.5 Å². The summed E-state index contributed by atoms with van der Waals surface area (Å²) in [5.41, 5.74) is 1.68. The highest BCUT2D eigenvalue weighted by Crippen LogP contribution is 2.25. The van der Waals surface area contributed by atoms with Crippen LogP contribution in [0.1, 0.15) is 26.7 Å². The van der Waals surface area contributed by atoms with Crippen LogP contribution in [0.4, 0.5) is 11.5 Å². The van der Waals surface area contributed by atoms with E-state index in [1.165, 1.54) is 0 Å². The van der Waals surface area contributed by atoms with Crippen LogP contribution in [0.15, 0.2) is 42.9 Å². The molecule has 158 valence electrons. The van der Waals surface area contributed by atoms with Crippen molar-refractivity contribution in [2.75, 3.05) is 23.3 Å². The molecule has 3 aromatic rings. The number of fused-ring (bicyclic) bond motifs is 1. The van der Waals surface area contributed by atoms with E-state index in [0.29, 0.717) is 5.02 Å². The van der Waals surface area contributed by atoms with E-state index in [-0.39, 0.29) is 23.9 Å². The van der Waals surface area contributed by atoms with Gasteiger partial charge in [0.1, 0.15) is 23.8 Å². The zero-order chi connectivity index (χ0) is 21.1. The maximum atomic E-state index is 13.1. The van der Waals surface area contributed by atoms with Gasteiger partial charge in [-0.25, -0.2) is 9.97 Å². The molecule has 3 heterocycles. The Bertz CT molecular complexity index is 1020. The fourth-order valence-corrected chi connectivity index (χ4v) is 4.17. The smallest absolute Gasteiger partial charge is 0.243 e. The molecule has 0 spiro atoms. The average Bonchev–Trinajstić information content (AvgIpc) is 3.21. The molecule has 1 amide bonds. The van der Waals surface area contributed by atoms with Gasteiger partial charge in [0.25, 0.3) is 0 Å². The van der Waals surface area contributed by atoms with Crippen LogP contribution in [0.5, 0.6) is 0 Å². The summed E-state index contributed by atoms with van der Waals surface area (Å²) in [4.78, 5) is 27.2. The third kappa shape index (κ3) is 4.51. The minimum Gasteiger partial charge on any atom is -0.373 e. The van der Waals surface area contributed by atoms with E-state index >= 15 is 0 Å². The molecule has 0 saturated carbocycles. The van der Waals surface area contributed by atoms with Crippen molar-refractivity contribution in [3.05, 3.63) is 47.9 Å². The quantitative estimate of drug-likeness (QED) is 0.557. The van der Waals surface area contributed by atoms with Crippen LogP contribution < -0.4 is 15.5 Å². The van der Waals surface area contributed by atoms with Crippen LogP contribution in [0.3, 0.4) is 0 Å². The van der Waals surface area contributed by atoms with E-state index in [2.05, 4.69) is 30.5 Å². The van der Waals surface area contributed by atoms with Crippen molar-refractivity contribution < 1.29 is 4.79 Å². The van der Waals surface area contributed by atoms with Crippen LogP contribution in [0.25, 0.3) is 11.0 Å². The molecule has 7 nitrogen and oxygen atoms in total. The normalized spacial score (nSPS) is 17.9. The number of amides is 1. The maximum absolute atomic E-state index is 13.1. The molecule has 30 heavy (non-hydrogen) atoms. The van der Waals surface area contributed by atoms with E-state index in [9.17, 15) is 4.79 Å². The standard InChI is InChI=1S/C22H27ClN6O/c1-14(2)19(27-16-6-3-5-15(23)11-16)22(30)28-17-7-4-10-29(12-17)21-18-8-9-24-20(18)25-13-26-21/h3,5-6,8-9,11,13-14,17,19,27H,4,7,10,12H2,1-2H3,(H,28,30)(H,24,25,26)/t17-,19-/m1/s1. The number of piperidine rings is 1. The Hall–Kier alpha value is -2.80. The number of nitrogens with zero attached hydrogens (tertiary/aromatic N) is 3. The summed E-state index contributed by atoms with van der Waals surface area (Å²) in [7, 11) is 0. The molecule has 1 fully saturated rings. The molecule has 1 aliphatic rings. The molecule has 4 rings (SSSR count). The predicted molar refractivity (Wildman–Crippen MR) is 121 cm³/mol. The number of hydrogen-bond donors (Lipinski definition) is 3. The number of H-pyrrole nitrogens is 1. The molecule has 2 aromatic heterocycles. The zero-order valence-corrected chi connectivity index (χ0v) is 18.0. The lowest BCUT2D eigenvalue weighted by atomic mass is 10.0. The molecule has 0 bridgehead atoms. The number of hydrogen-bond acceptors (Lipinski definition) is 5. The summed E-state index contributed by atoms with van der Waals surface area (Å²) in [5, 5.41) is 8.24. The van der Waals surface area contributed by atoms with Gasteiger partial charge in [0.2, 0.25) is 5.91 Å². The number of rotatable bonds is 6. The molecular weight excluding hydrogens is 400 g/mol. The van der Waals surface area contributed by atoms with Gasteiger partial charge >= 0.3 is 0 Å². The van der Waals surface area contributed by atoms with E-state index in [1.54, 1.807) is 6.33 Å². The Morgan fingerprint density at radius 3 is 2.97 bits per heavy atom. The van der Waals surface area contributed by atoms with Crippen LogP contribution in [-0.2, 0) is 4.79 Å². The summed E-state index contributed by atoms with van der Waals surface area (Å²) in [6.45, 7) is 5.72. The van der Waals surface area contributed by atoms with Crippen molar-refractivity contribution in [2.45, 2.75) is 38.8 Å². The maximum Gasteiger partial charge on any atom is 0.243 e. The second-order valence-electron chi connectivity index (χ2n) is 8.11. The lowest BCUT2D eigenvalue weighted by Crippen LogP contribution is -2.52. The molecule has 1 saturated heterocycles. The molecule has 0 aliphatic carbocycles. The molecule has 1 aromatic carbocycles. The number of anilines is 2. The number of benzene rings is 1. The second kappa shape index (κ2) is 8.92. The molecule has 1 aliphatic heterocycles. The number of carbonyl (C=O) groups excluding carboxylic acids is 1. The van der Waals surface area contributed by atoms with Gasteiger partial charge in [0.05, 0.1) is 5.39 Å².